The van der Waals surface area contributed by atoms with E-state index >= 15 is 0 Å². The van der Waals surface area contributed by atoms with Gasteiger partial charge in [-0.25, -0.2) is 23.4 Å². The van der Waals surface area contributed by atoms with Crippen molar-refractivity contribution in [3.05, 3.63) is 65.9 Å². The first kappa shape index (κ1) is 22.3. The first-order valence-corrected chi connectivity index (χ1v) is 9.95. The zero-order valence-corrected chi connectivity index (χ0v) is 17.9. The SMILES string of the molecule is CCN(C(=O)c1ncc(C)cc1-n1cccn1)[C@@H](C)COc1ccc(C(C)(F)F)cn1. The van der Waals surface area contributed by atoms with E-state index in [4.69, 9.17) is 4.74 Å². The van der Waals surface area contributed by atoms with Gasteiger partial charge in [-0.05, 0) is 44.5 Å². The van der Waals surface area contributed by atoms with E-state index in [2.05, 4.69) is 15.1 Å². The van der Waals surface area contributed by atoms with Crippen LogP contribution in [0.5, 0.6) is 5.88 Å². The molecule has 1 amide bonds. The third-order valence-electron chi connectivity index (χ3n) is 4.81. The third-order valence-corrected chi connectivity index (χ3v) is 4.81. The van der Waals surface area contributed by atoms with Gasteiger partial charge < -0.3 is 9.64 Å². The molecule has 0 aliphatic carbocycles. The maximum Gasteiger partial charge on any atom is 0.275 e. The molecule has 3 rings (SSSR count). The van der Waals surface area contributed by atoms with Crippen molar-refractivity contribution in [2.45, 2.75) is 39.7 Å². The first-order valence-electron chi connectivity index (χ1n) is 9.95. The lowest BCUT2D eigenvalue weighted by Crippen LogP contribution is -2.42. The van der Waals surface area contributed by atoms with Crippen molar-refractivity contribution in [3.63, 3.8) is 0 Å². The number of nitrogens with zero attached hydrogens (tertiary/aromatic N) is 5. The van der Waals surface area contributed by atoms with Crippen LogP contribution in [0.25, 0.3) is 5.69 Å². The van der Waals surface area contributed by atoms with Crippen LogP contribution in [-0.4, -0.2) is 49.7 Å². The van der Waals surface area contributed by atoms with Crippen LogP contribution < -0.4 is 4.74 Å². The fourth-order valence-corrected chi connectivity index (χ4v) is 3.12. The summed E-state index contributed by atoms with van der Waals surface area (Å²) < 4.78 is 33.9. The number of hydrogen-bond acceptors (Lipinski definition) is 5. The van der Waals surface area contributed by atoms with E-state index in [-0.39, 0.29) is 35.7 Å². The number of rotatable bonds is 8. The first-order chi connectivity index (χ1) is 14.7. The number of aromatic nitrogens is 4. The number of pyridine rings is 2. The second-order valence-electron chi connectivity index (χ2n) is 7.36. The van der Waals surface area contributed by atoms with Crippen LogP contribution in [0.4, 0.5) is 8.78 Å². The zero-order valence-electron chi connectivity index (χ0n) is 17.9. The lowest BCUT2D eigenvalue weighted by molar-refractivity contribution is 0.0169. The van der Waals surface area contributed by atoms with Gasteiger partial charge in [0.15, 0.2) is 5.69 Å². The molecule has 0 radical (unpaired) electrons. The summed E-state index contributed by atoms with van der Waals surface area (Å²) in [6.45, 7) is 7.01. The van der Waals surface area contributed by atoms with E-state index in [1.807, 2.05) is 26.8 Å². The topological polar surface area (TPSA) is 73.1 Å². The Bertz CT molecular complexity index is 1020. The molecule has 0 aliphatic rings. The van der Waals surface area contributed by atoms with Crippen molar-refractivity contribution >= 4 is 5.91 Å². The second-order valence-corrected chi connectivity index (χ2v) is 7.36. The number of aryl methyl sites for hydroxylation is 1. The van der Waals surface area contributed by atoms with Gasteiger partial charge in [0.25, 0.3) is 11.8 Å². The Labute approximate surface area is 179 Å². The Balaban J connectivity index is 1.74. The van der Waals surface area contributed by atoms with Crippen LogP contribution in [0, 0.1) is 6.92 Å². The maximum absolute atomic E-state index is 13.3. The normalized spacial score (nSPS) is 12.5. The van der Waals surface area contributed by atoms with Crippen LogP contribution in [0.15, 0.2) is 49.1 Å². The van der Waals surface area contributed by atoms with Crippen molar-refractivity contribution in [1.82, 2.24) is 24.6 Å². The van der Waals surface area contributed by atoms with E-state index in [1.54, 1.807) is 34.2 Å². The summed E-state index contributed by atoms with van der Waals surface area (Å²) in [5, 5.41) is 4.22. The van der Waals surface area contributed by atoms with E-state index in [0.29, 0.717) is 12.2 Å². The lowest BCUT2D eigenvalue weighted by atomic mass is 10.2. The van der Waals surface area contributed by atoms with Gasteiger partial charge >= 0.3 is 0 Å². The Morgan fingerprint density at radius 2 is 2.06 bits per heavy atom. The van der Waals surface area contributed by atoms with Gasteiger partial charge in [0.05, 0.1) is 11.7 Å². The summed E-state index contributed by atoms with van der Waals surface area (Å²) >= 11 is 0. The monoisotopic (exact) mass is 429 g/mol. The summed E-state index contributed by atoms with van der Waals surface area (Å²) in [5.74, 6) is -3.00. The number of ether oxygens (including phenoxy) is 1. The molecule has 3 aromatic rings. The Morgan fingerprint density at radius 3 is 2.65 bits per heavy atom. The number of amides is 1. The van der Waals surface area contributed by atoms with Crippen molar-refractivity contribution in [2.24, 2.45) is 0 Å². The fraction of sp³-hybridized carbons (Fsp3) is 0.364. The predicted molar refractivity (Wildman–Crippen MR) is 112 cm³/mol. The Morgan fingerprint density at radius 1 is 1.29 bits per heavy atom. The predicted octanol–water partition coefficient (Wildman–Crippen LogP) is 4.01. The highest BCUT2D eigenvalue weighted by atomic mass is 19.3. The van der Waals surface area contributed by atoms with E-state index in [0.717, 1.165) is 18.7 Å². The molecule has 9 heteroatoms. The summed E-state index contributed by atoms with van der Waals surface area (Å²) in [7, 11) is 0. The fourth-order valence-electron chi connectivity index (χ4n) is 3.12. The summed E-state index contributed by atoms with van der Waals surface area (Å²) in [4.78, 5) is 23.2. The molecule has 0 unspecified atom stereocenters. The number of halogens is 2. The molecule has 0 saturated heterocycles. The van der Waals surface area contributed by atoms with Gasteiger partial charge in [0.2, 0.25) is 5.88 Å². The molecule has 31 heavy (non-hydrogen) atoms. The van der Waals surface area contributed by atoms with Crippen LogP contribution in [0.2, 0.25) is 0 Å². The van der Waals surface area contributed by atoms with Crippen molar-refractivity contribution < 1.29 is 18.3 Å². The van der Waals surface area contributed by atoms with Gasteiger partial charge in [0, 0.05) is 49.9 Å². The molecular formula is C22H25F2N5O2. The molecule has 0 saturated carbocycles. The van der Waals surface area contributed by atoms with Gasteiger partial charge in [0.1, 0.15) is 6.61 Å². The lowest BCUT2D eigenvalue weighted by Gasteiger charge is -2.28. The third kappa shape index (κ3) is 5.22. The molecule has 164 valence electrons. The Kier molecular flexibility index (Phi) is 6.62. The highest BCUT2D eigenvalue weighted by molar-refractivity contribution is 5.96. The van der Waals surface area contributed by atoms with Gasteiger partial charge in [-0.3, -0.25) is 4.79 Å². The number of alkyl halides is 2. The van der Waals surface area contributed by atoms with E-state index < -0.39 is 5.92 Å². The van der Waals surface area contributed by atoms with Crippen LogP contribution in [0.1, 0.15) is 42.4 Å². The van der Waals surface area contributed by atoms with Crippen LogP contribution in [0.3, 0.4) is 0 Å². The Hall–Kier alpha value is -3.36. The molecule has 0 spiro atoms. The van der Waals surface area contributed by atoms with Gasteiger partial charge in [-0.1, -0.05) is 0 Å². The van der Waals surface area contributed by atoms with Crippen molar-refractivity contribution in [1.29, 1.82) is 0 Å². The van der Waals surface area contributed by atoms with Gasteiger partial charge in [-0.15, -0.1) is 0 Å². The van der Waals surface area contributed by atoms with E-state index in [9.17, 15) is 13.6 Å². The summed E-state index contributed by atoms with van der Waals surface area (Å²) in [6.07, 6.45) is 6.13. The largest absolute Gasteiger partial charge is 0.475 e. The number of carbonyl (C=O) groups is 1. The number of carbonyl (C=O) groups excluding carboxylic acids is 1. The van der Waals surface area contributed by atoms with Crippen LogP contribution >= 0.6 is 0 Å². The molecule has 0 N–H and O–H groups in total. The molecule has 3 heterocycles. The zero-order chi connectivity index (χ0) is 22.6. The molecule has 0 aliphatic heterocycles. The van der Waals surface area contributed by atoms with Crippen molar-refractivity contribution in [2.75, 3.05) is 13.2 Å². The average Bonchev–Trinajstić information content (AvgIpc) is 3.27. The smallest absolute Gasteiger partial charge is 0.275 e. The molecule has 1 atom stereocenters. The van der Waals surface area contributed by atoms with Gasteiger partial charge in [-0.2, -0.15) is 5.10 Å². The molecule has 0 bridgehead atoms. The van der Waals surface area contributed by atoms with Crippen molar-refractivity contribution in [3.8, 4) is 11.6 Å². The minimum atomic E-state index is -2.96. The molecule has 0 fully saturated rings. The number of likely N-dealkylation sites (N-methyl/N-ethyl adjacent to an activating group) is 1. The summed E-state index contributed by atoms with van der Waals surface area (Å²) in [6, 6.07) is 6.01. The molecule has 7 nitrogen and oxygen atoms in total. The second kappa shape index (κ2) is 9.20. The van der Waals surface area contributed by atoms with E-state index in [1.165, 1.54) is 12.1 Å². The maximum atomic E-state index is 13.3. The highest BCUT2D eigenvalue weighted by Crippen LogP contribution is 2.27. The standard InChI is InChI=1S/C22H25F2N5O2/c1-5-28(16(3)14-31-19-8-7-17(13-25-19)22(4,23)24)21(30)20-18(11-15(2)12-26-20)29-10-6-9-27-29/h6-13,16H,5,14H2,1-4H3/t16-/m0/s1. The molecule has 0 aromatic carbocycles. The molecular weight excluding hydrogens is 404 g/mol. The minimum absolute atomic E-state index is 0.150. The van der Waals surface area contributed by atoms with Crippen LogP contribution in [-0.2, 0) is 5.92 Å². The summed E-state index contributed by atoms with van der Waals surface area (Å²) in [5.41, 5.74) is 1.61. The molecule has 3 aromatic heterocycles. The number of hydrogen-bond donors (Lipinski definition) is 0. The highest BCUT2D eigenvalue weighted by Gasteiger charge is 2.26. The minimum Gasteiger partial charge on any atom is -0.475 e. The quantitative estimate of drug-likeness (QED) is 0.541. The average molecular weight is 429 g/mol.